The standard InChI is InChI=1S/C17H23N3O3/c1-18-8-10-20(11-9-18)17(22)16-15(13-6-4-3-5-7-13)19(2)14(21)12-23-16/h3-7,15-16H,8-12H2,1-2H3/t15-,16-/m0/s1. The number of hydrogen-bond donors (Lipinski definition) is 0. The molecule has 0 N–H and O–H groups in total. The SMILES string of the molecule is CN1CCN(C(=O)[C@H]2OCC(=O)N(C)[C@H]2c2ccccc2)CC1. The number of benzene rings is 1. The van der Waals surface area contributed by atoms with Gasteiger partial charge in [-0.2, -0.15) is 0 Å². The Bertz CT molecular complexity index is 570. The summed E-state index contributed by atoms with van der Waals surface area (Å²) in [7, 11) is 3.80. The Kier molecular flexibility index (Phi) is 4.63. The van der Waals surface area contributed by atoms with Crippen molar-refractivity contribution in [3.8, 4) is 0 Å². The topological polar surface area (TPSA) is 53.1 Å². The average molecular weight is 317 g/mol. The molecule has 3 rings (SSSR count). The van der Waals surface area contributed by atoms with E-state index in [0.717, 1.165) is 18.7 Å². The summed E-state index contributed by atoms with van der Waals surface area (Å²) in [6.45, 7) is 3.10. The number of carbonyl (C=O) groups is 2. The molecule has 124 valence electrons. The maximum atomic E-state index is 12.9. The molecular weight excluding hydrogens is 294 g/mol. The number of amides is 2. The summed E-state index contributed by atoms with van der Waals surface area (Å²) < 4.78 is 5.67. The van der Waals surface area contributed by atoms with Crippen LogP contribution in [0.25, 0.3) is 0 Å². The van der Waals surface area contributed by atoms with E-state index in [-0.39, 0.29) is 24.5 Å². The van der Waals surface area contributed by atoms with Crippen LogP contribution in [0.2, 0.25) is 0 Å². The van der Waals surface area contributed by atoms with Crippen molar-refractivity contribution in [2.24, 2.45) is 0 Å². The van der Waals surface area contributed by atoms with Gasteiger partial charge in [0.15, 0.2) is 6.10 Å². The van der Waals surface area contributed by atoms with Gasteiger partial charge in [0.05, 0.1) is 6.04 Å². The first kappa shape index (κ1) is 16.0. The number of piperazine rings is 1. The van der Waals surface area contributed by atoms with E-state index in [9.17, 15) is 9.59 Å². The highest BCUT2D eigenvalue weighted by molar-refractivity contribution is 5.86. The number of hydrogen-bond acceptors (Lipinski definition) is 4. The summed E-state index contributed by atoms with van der Waals surface area (Å²) in [5.41, 5.74) is 0.926. The van der Waals surface area contributed by atoms with Gasteiger partial charge >= 0.3 is 0 Å². The van der Waals surface area contributed by atoms with Gasteiger partial charge in [0, 0.05) is 33.2 Å². The molecule has 2 amide bonds. The van der Waals surface area contributed by atoms with Crippen LogP contribution in [0.3, 0.4) is 0 Å². The molecule has 1 aromatic carbocycles. The maximum Gasteiger partial charge on any atom is 0.254 e. The Labute approximate surface area is 136 Å². The van der Waals surface area contributed by atoms with Gasteiger partial charge in [-0.3, -0.25) is 9.59 Å². The van der Waals surface area contributed by atoms with Gasteiger partial charge in [0.2, 0.25) is 5.91 Å². The molecule has 1 aromatic rings. The van der Waals surface area contributed by atoms with Crippen molar-refractivity contribution in [2.45, 2.75) is 12.1 Å². The van der Waals surface area contributed by atoms with Crippen LogP contribution in [0.5, 0.6) is 0 Å². The maximum absolute atomic E-state index is 12.9. The molecule has 2 aliphatic rings. The largest absolute Gasteiger partial charge is 0.356 e. The molecule has 2 atom stereocenters. The van der Waals surface area contributed by atoms with Crippen molar-refractivity contribution < 1.29 is 14.3 Å². The fraction of sp³-hybridized carbons (Fsp3) is 0.529. The zero-order chi connectivity index (χ0) is 16.4. The third kappa shape index (κ3) is 3.23. The molecular formula is C17H23N3O3. The second-order valence-corrected chi connectivity index (χ2v) is 6.22. The summed E-state index contributed by atoms with van der Waals surface area (Å²) in [5, 5.41) is 0. The van der Waals surface area contributed by atoms with Crippen molar-refractivity contribution in [1.82, 2.24) is 14.7 Å². The molecule has 2 saturated heterocycles. The Morgan fingerprint density at radius 3 is 2.39 bits per heavy atom. The highest BCUT2D eigenvalue weighted by atomic mass is 16.5. The van der Waals surface area contributed by atoms with Gasteiger partial charge in [0.25, 0.3) is 5.91 Å². The second-order valence-electron chi connectivity index (χ2n) is 6.22. The Morgan fingerprint density at radius 2 is 1.74 bits per heavy atom. The number of likely N-dealkylation sites (N-methyl/N-ethyl adjacent to an activating group) is 2. The normalized spacial score (nSPS) is 26.4. The number of morpholine rings is 1. The Morgan fingerprint density at radius 1 is 1.09 bits per heavy atom. The van der Waals surface area contributed by atoms with Crippen molar-refractivity contribution >= 4 is 11.8 Å². The molecule has 0 unspecified atom stereocenters. The lowest BCUT2D eigenvalue weighted by Crippen LogP contribution is -2.56. The van der Waals surface area contributed by atoms with Crippen molar-refractivity contribution in [2.75, 3.05) is 46.9 Å². The second kappa shape index (κ2) is 6.68. The van der Waals surface area contributed by atoms with Crippen LogP contribution >= 0.6 is 0 Å². The van der Waals surface area contributed by atoms with Crippen LogP contribution in [0.1, 0.15) is 11.6 Å². The van der Waals surface area contributed by atoms with Crippen molar-refractivity contribution in [3.63, 3.8) is 0 Å². The van der Waals surface area contributed by atoms with E-state index >= 15 is 0 Å². The molecule has 0 spiro atoms. The molecule has 6 nitrogen and oxygen atoms in total. The molecule has 0 aromatic heterocycles. The lowest BCUT2D eigenvalue weighted by Gasteiger charge is -2.41. The van der Waals surface area contributed by atoms with Gasteiger partial charge in [-0.1, -0.05) is 30.3 Å². The molecule has 0 radical (unpaired) electrons. The average Bonchev–Trinajstić information content (AvgIpc) is 2.58. The molecule has 6 heteroatoms. The number of rotatable bonds is 2. The first-order chi connectivity index (χ1) is 11.1. The van der Waals surface area contributed by atoms with E-state index in [0.29, 0.717) is 13.1 Å². The summed E-state index contributed by atoms with van der Waals surface area (Å²) in [6, 6.07) is 9.26. The minimum absolute atomic E-state index is 0.0219. The minimum atomic E-state index is -0.636. The Balaban J connectivity index is 1.83. The predicted molar refractivity (Wildman–Crippen MR) is 85.8 cm³/mol. The highest BCUT2D eigenvalue weighted by Gasteiger charge is 2.42. The van der Waals surface area contributed by atoms with Crippen LogP contribution < -0.4 is 0 Å². The summed E-state index contributed by atoms with van der Waals surface area (Å²) in [4.78, 5) is 30.7. The highest BCUT2D eigenvalue weighted by Crippen LogP contribution is 2.30. The van der Waals surface area contributed by atoms with E-state index < -0.39 is 6.10 Å². The lowest BCUT2D eigenvalue weighted by atomic mass is 9.97. The van der Waals surface area contributed by atoms with Crippen LogP contribution in [0.4, 0.5) is 0 Å². The van der Waals surface area contributed by atoms with E-state index in [4.69, 9.17) is 4.74 Å². The number of carbonyl (C=O) groups excluding carboxylic acids is 2. The van der Waals surface area contributed by atoms with E-state index in [1.807, 2.05) is 35.2 Å². The van der Waals surface area contributed by atoms with Crippen LogP contribution in [0, 0.1) is 0 Å². The summed E-state index contributed by atoms with van der Waals surface area (Å²) >= 11 is 0. The molecule has 23 heavy (non-hydrogen) atoms. The van der Waals surface area contributed by atoms with Gasteiger partial charge in [-0.15, -0.1) is 0 Å². The fourth-order valence-electron chi connectivity index (χ4n) is 3.17. The lowest BCUT2D eigenvalue weighted by molar-refractivity contribution is -0.168. The van der Waals surface area contributed by atoms with E-state index in [1.54, 1.807) is 11.9 Å². The summed E-state index contributed by atoms with van der Waals surface area (Å²) in [5.74, 6) is -0.118. The van der Waals surface area contributed by atoms with E-state index in [2.05, 4.69) is 11.9 Å². The first-order valence-corrected chi connectivity index (χ1v) is 7.97. The Hall–Kier alpha value is -1.92. The third-order valence-corrected chi connectivity index (χ3v) is 4.68. The molecule has 0 saturated carbocycles. The van der Waals surface area contributed by atoms with Gasteiger partial charge in [0.1, 0.15) is 6.61 Å². The van der Waals surface area contributed by atoms with Crippen LogP contribution in [-0.2, 0) is 14.3 Å². The van der Waals surface area contributed by atoms with Crippen molar-refractivity contribution in [3.05, 3.63) is 35.9 Å². The van der Waals surface area contributed by atoms with Gasteiger partial charge in [-0.25, -0.2) is 0 Å². The van der Waals surface area contributed by atoms with Crippen LogP contribution in [0.15, 0.2) is 30.3 Å². The first-order valence-electron chi connectivity index (χ1n) is 7.97. The zero-order valence-electron chi connectivity index (χ0n) is 13.6. The number of nitrogens with zero attached hydrogens (tertiary/aromatic N) is 3. The third-order valence-electron chi connectivity index (χ3n) is 4.68. The smallest absolute Gasteiger partial charge is 0.254 e. The van der Waals surface area contributed by atoms with Crippen molar-refractivity contribution in [1.29, 1.82) is 0 Å². The molecule has 0 bridgehead atoms. The predicted octanol–water partition coefficient (Wildman–Crippen LogP) is 0.359. The minimum Gasteiger partial charge on any atom is -0.356 e. The summed E-state index contributed by atoms with van der Waals surface area (Å²) in [6.07, 6.45) is -0.636. The zero-order valence-corrected chi connectivity index (χ0v) is 13.6. The molecule has 2 heterocycles. The van der Waals surface area contributed by atoms with Gasteiger partial charge in [-0.05, 0) is 12.6 Å². The quantitative estimate of drug-likeness (QED) is 0.790. The van der Waals surface area contributed by atoms with Gasteiger partial charge < -0.3 is 19.4 Å². The molecule has 2 aliphatic heterocycles. The van der Waals surface area contributed by atoms with E-state index in [1.165, 1.54) is 0 Å². The monoisotopic (exact) mass is 317 g/mol. The van der Waals surface area contributed by atoms with Crippen LogP contribution in [-0.4, -0.2) is 79.5 Å². The fourth-order valence-corrected chi connectivity index (χ4v) is 3.17. The number of ether oxygens (including phenoxy) is 1. The molecule has 2 fully saturated rings. The molecule has 0 aliphatic carbocycles.